The lowest BCUT2D eigenvalue weighted by molar-refractivity contribution is 0.0796. The summed E-state index contributed by atoms with van der Waals surface area (Å²) >= 11 is 3.53. The molecule has 0 bridgehead atoms. The molecular weight excluding hydrogens is 326 g/mol. The highest BCUT2D eigenvalue weighted by atomic mass is 79.9. The van der Waals surface area contributed by atoms with Gasteiger partial charge < -0.3 is 19.1 Å². The Labute approximate surface area is 126 Å². The number of hydrogen-bond donors (Lipinski definition) is 0. The molecule has 20 heavy (non-hydrogen) atoms. The minimum atomic E-state index is -0.0593. The van der Waals surface area contributed by atoms with Gasteiger partial charge in [0.15, 0.2) is 11.5 Å². The molecule has 1 aromatic rings. The number of benzene rings is 1. The predicted octanol–water partition coefficient (Wildman–Crippen LogP) is 2.49. The smallest absolute Gasteiger partial charge is 0.257 e. The van der Waals surface area contributed by atoms with E-state index in [9.17, 15) is 4.79 Å². The molecule has 1 amide bonds. The van der Waals surface area contributed by atoms with E-state index in [2.05, 4.69) is 15.9 Å². The van der Waals surface area contributed by atoms with Gasteiger partial charge in [0, 0.05) is 13.6 Å². The SMILES string of the molecule is COc1c(Br)c2c(c(OC)c1OC)C(=O)N(C)CCC2. The fourth-order valence-corrected chi connectivity index (χ4v) is 3.25. The molecular formula is C14H18BrNO4. The van der Waals surface area contributed by atoms with Crippen LogP contribution in [0.15, 0.2) is 4.47 Å². The summed E-state index contributed by atoms with van der Waals surface area (Å²) < 4.78 is 17.0. The summed E-state index contributed by atoms with van der Waals surface area (Å²) in [5, 5.41) is 0. The summed E-state index contributed by atoms with van der Waals surface area (Å²) in [6.45, 7) is 0.716. The van der Waals surface area contributed by atoms with Crippen molar-refractivity contribution >= 4 is 21.8 Å². The Morgan fingerprint density at radius 3 is 2.20 bits per heavy atom. The zero-order valence-corrected chi connectivity index (χ0v) is 13.7. The van der Waals surface area contributed by atoms with E-state index in [0.717, 1.165) is 22.9 Å². The second kappa shape index (κ2) is 5.91. The lowest BCUT2D eigenvalue weighted by atomic mass is 10.0. The van der Waals surface area contributed by atoms with E-state index in [1.807, 2.05) is 0 Å². The summed E-state index contributed by atoms with van der Waals surface area (Å²) in [5.41, 5.74) is 1.46. The van der Waals surface area contributed by atoms with Crippen molar-refractivity contribution in [1.82, 2.24) is 4.90 Å². The first-order valence-electron chi connectivity index (χ1n) is 6.32. The fourth-order valence-electron chi connectivity index (χ4n) is 2.51. The molecule has 0 N–H and O–H groups in total. The molecule has 0 fully saturated rings. The fraction of sp³-hybridized carbons (Fsp3) is 0.500. The number of amides is 1. The van der Waals surface area contributed by atoms with E-state index >= 15 is 0 Å². The van der Waals surface area contributed by atoms with Crippen LogP contribution in [-0.4, -0.2) is 45.7 Å². The van der Waals surface area contributed by atoms with Gasteiger partial charge in [0.1, 0.15) is 0 Å². The van der Waals surface area contributed by atoms with Gasteiger partial charge in [-0.1, -0.05) is 0 Å². The molecule has 110 valence electrons. The van der Waals surface area contributed by atoms with Gasteiger partial charge in [-0.3, -0.25) is 4.79 Å². The van der Waals surface area contributed by atoms with Gasteiger partial charge in [-0.25, -0.2) is 0 Å². The molecule has 0 saturated carbocycles. The third kappa shape index (κ3) is 2.22. The molecule has 0 unspecified atom stereocenters. The Balaban J connectivity index is 2.81. The normalized spacial score (nSPS) is 14.7. The first kappa shape index (κ1) is 15.0. The number of ether oxygens (including phenoxy) is 3. The van der Waals surface area contributed by atoms with Crippen molar-refractivity contribution in [3.63, 3.8) is 0 Å². The highest BCUT2D eigenvalue weighted by Gasteiger charge is 2.31. The highest BCUT2D eigenvalue weighted by Crippen LogP contribution is 2.48. The van der Waals surface area contributed by atoms with Gasteiger partial charge in [-0.15, -0.1) is 0 Å². The Hall–Kier alpha value is -1.43. The zero-order chi connectivity index (χ0) is 14.9. The van der Waals surface area contributed by atoms with Gasteiger partial charge in [0.2, 0.25) is 5.75 Å². The standard InChI is InChI=1S/C14H18BrNO4/c1-16-7-5-6-8-9(14(16)17)11(18-2)13(20-4)12(19-3)10(8)15/h5-7H2,1-4H3. The van der Waals surface area contributed by atoms with Crippen LogP contribution in [0, 0.1) is 0 Å². The Morgan fingerprint density at radius 1 is 1.05 bits per heavy atom. The molecule has 1 aliphatic heterocycles. The van der Waals surface area contributed by atoms with Gasteiger partial charge in [-0.05, 0) is 34.3 Å². The molecule has 1 aliphatic rings. The van der Waals surface area contributed by atoms with Crippen LogP contribution in [0.4, 0.5) is 0 Å². The average Bonchev–Trinajstić information content (AvgIpc) is 2.59. The topological polar surface area (TPSA) is 48.0 Å². The lowest BCUT2D eigenvalue weighted by Crippen LogP contribution is -2.26. The van der Waals surface area contributed by atoms with Crippen LogP contribution in [0.25, 0.3) is 0 Å². The Bertz CT molecular complexity index is 545. The molecule has 0 saturated heterocycles. The zero-order valence-electron chi connectivity index (χ0n) is 12.1. The molecule has 0 aliphatic carbocycles. The van der Waals surface area contributed by atoms with Crippen LogP contribution in [-0.2, 0) is 6.42 Å². The van der Waals surface area contributed by atoms with Crippen LogP contribution in [0.2, 0.25) is 0 Å². The van der Waals surface area contributed by atoms with E-state index in [-0.39, 0.29) is 5.91 Å². The van der Waals surface area contributed by atoms with Crippen molar-refractivity contribution in [1.29, 1.82) is 0 Å². The van der Waals surface area contributed by atoms with Crippen molar-refractivity contribution in [2.45, 2.75) is 12.8 Å². The largest absolute Gasteiger partial charge is 0.492 e. The minimum Gasteiger partial charge on any atom is -0.492 e. The number of methoxy groups -OCH3 is 3. The first-order chi connectivity index (χ1) is 9.56. The van der Waals surface area contributed by atoms with Crippen LogP contribution in [0.5, 0.6) is 17.2 Å². The average molecular weight is 344 g/mol. The molecule has 6 heteroatoms. The first-order valence-corrected chi connectivity index (χ1v) is 7.11. The molecule has 0 spiro atoms. The molecule has 2 rings (SSSR count). The van der Waals surface area contributed by atoms with Crippen LogP contribution in [0.1, 0.15) is 22.3 Å². The maximum atomic E-state index is 12.6. The quantitative estimate of drug-likeness (QED) is 0.845. The van der Waals surface area contributed by atoms with E-state index < -0.39 is 0 Å². The molecule has 1 aromatic carbocycles. The van der Waals surface area contributed by atoms with Crippen LogP contribution >= 0.6 is 15.9 Å². The van der Waals surface area contributed by atoms with E-state index in [0.29, 0.717) is 29.4 Å². The Morgan fingerprint density at radius 2 is 1.65 bits per heavy atom. The third-order valence-electron chi connectivity index (χ3n) is 3.50. The van der Waals surface area contributed by atoms with Crippen molar-refractivity contribution in [3.05, 3.63) is 15.6 Å². The van der Waals surface area contributed by atoms with Gasteiger partial charge in [0.25, 0.3) is 5.91 Å². The van der Waals surface area contributed by atoms with Gasteiger partial charge in [-0.2, -0.15) is 0 Å². The van der Waals surface area contributed by atoms with E-state index in [1.54, 1.807) is 19.1 Å². The number of halogens is 1. The summed E-state index contributed by atoms with van der Waals surface area (Å²) in [6.07, 6.45) is 1.68. The Kier molecular flexibility index (Phi) is 4.42. The van der Waals surface area contributed by atoms with E-state index in [4.69, 9.17) is 14.2 Å². The second-order valence-electron chi connectivity index (χ2n) is 4.60. The van der Waals surface area contributed by atoms with Crippen molar-refractivity contribution < 1.29 is 19.0 Å². The van der Waals surface area contributed by atoms with Crippen LogP contribution in [0.3, 0.4) is 0 Å². The summed E-state index contributed by atoms with van der Waals surface area (Å²) in [5.74, 6) is 1.36. The van der Waals surface area contributed by atoms with Gasteiger partial charge >= 0.3 is 0 Å². The summed E-state index contributed by atoms with van der Waals surface area (Å²) in [4.78, 5) is 14.3. The minimum absolute atomic E-state index is 0.0593. The third-order valence-corrected chi connectivity index (χ3v) is 4.34. The molecule has 0 aromatic heterocycles. The van der Waals surface area contributed by atoms with Crippen molar-refractivity contribution in [3.8, 4) is 17.2 Å². The summed E-state index contributed by atoms with van der Waals surface area (Å²) in [6, 6.07) is 0. The van der Waals surface area contributed by atoms with Crippen molar-refractivity contribution in [2.75, 3.05) is 34.9 Å². The van der Waals surface area contributed by atoms with E-state index in [1.165, 1.54) is 14.2 Å². The highest BCUT2D eigenvalue weighted by molar-refractivity contribution is 9.10. The maximum Gasteiger partial charge on any atom is 0.257 e. The molecule has 5 nitrogen and oxygen atoms in total. The van der Waals surface area contributed by atoms with Crippen molar-refractivity contribution in [2.24, 2.45) is 0 Å². The maximum absolute atomic E-state index is 12.6. The summed E-state index contributed by atoms with van der Waals surface area (Å²) in [7, 11) is 6.42. The number of fused-ring (bicyclic) bond motifs is 1. The van der Waals surface area contributed by atoms with Gasteiger partial charge in [0.05, 0.1) is 31.4 Å². The molecule has 1 heterocycles. The lowest BCUT2D eigenvalue weighted by Gasteiger charge is -2.21. The number of nitrogens with zero attached hydrogens (tertiary/aromatic N) is 1. The second-order valence-corrected chi connectivity index (χ2v) is 5.39. The molecule has 0 atom stereocenters. The number of carbonyl (C=O) groups excluding carboxylic acids is 1. The predicted molar refractivity (Wildman–Crippen MR) is 79.1 cm³/mol. The number of rotatable bonds is 3. The monoisotopic (exact) mass is 343 g/mol. The van der Waals surface area contributed by atoms with Crippen LogP contribution < -0.4 is 14.2 Å². The number of hydrogen-bond acceptors (Lipinski definition) is 4. The molecule has 0 radical (unpaired) electrons. The number of carbonyl (C=O) groups is 1.